The number of methoxy groups -OCH3 is 1. The number of phenols is 1. The Balaban J connectivity index is 1.24. The monoisotopic (exact) mass is 687 g/mol. The number of carbonyl (C=O) groups excluding carboxylic acids is 7. The summed E-state index contributed by atoms with van der Waals surface area (Å²) in [6, 6.07) is 9.98. The number of anilines is 1. The molecule has 5 N–H and O–H groups in total. The zero-order valence-corrected chi connectivity index (χ0v) is 28.1. The number of hydrogen-bond donors (Lipinski definition) is 4. The molecule has 13 nitrogen and oxygen atoms in total. The molecule has 0 aromatic heterocycles. The Kier molecular flexibility index (Phi) is 9.25. The summed E-state index contributed by atoms with van der Waals surface area (Å²) in [7, 11) is 1.37. The summed E-state index contributed by atoms with van der Waals surface area (Å²) in [5, 5.41) is 25.5. The molecular weight excluding hydrogens is 646 g/mol. The largest absolute Gasteiger partial charge is 0.507 e. The van der Waals surface area contributed by atoms with Gasteiger partial charge in [-0.2, -0.15) is 0 Å². The molecule has 2 unspecified atom stereocenters. The number of fused-ring (bicyclic) bond motifs is 3. The Morgan fingerprint density at radius 2 is 1.68 bits per heavy atom. The number of nitrogens with one attached hydrogen (secondary N) is 1. The zero-order chi connectivity index (χ0) is 36.2. The number of carbonyl (C=O) groups is 7. The van der Waals surface area contributed by atoms with Crippen LogP contribution in [0.3, 0.4) is 0 Å². The number of rotatable bonds is 7. The van der Waals surface area contributed by atoms with E-state index in [1.54, 1.807) is 44.2 Å². The average Bonchev–Trinajstić information content (AvgIpc) is 3.06. The third-order valence-corrected chi connectivity index (χ3v) is 11.2. The molecule has 1 heterocycles. The number of nitrogens with zero attached hydrogens (tertiary/aromatic N) is 1. The minimum Gasteiger partial charge on any atom is -0.507 e. The molecular formula is C37H41N3O10. The lowest BCUT2D eigenvalue weighted by molar-refractivity contribution is -0.182. The van der Waals surface area contributed by atoms with Crippen molar-refractivity contribution in [3.63, 3.8) is 0 Å². The van der Waals surface area contributed by atoms with Crippen molar-refractivity contribution in [1.82, 2.24) is 4.90 Å². The quantitative estimate of drug-likeness (QED) is 0.243. The molecule has 6 rings (SSSR count). The van der Waals surface area contributed by atoms with Gasteiger partial charge in [-0.05, 0) is 85.5 Å². The fraction of sp³-hybridized carbons (Fsp3) is 0.486. The molecule has 13 heteroatoms. The Morgan fingerprint density at radius 3 is 2.28 bits per heavy atom. The van der Waals surface area contributed by atoms with E-state index in [4.69, 9.17) is 10.5 Å². The number of piperidine rings is 1. The van der Waals surface area contributed by atoms with Crippen molar-refractivity contribution in [2.24, 2.45) is 47.2 Å². The molecule has 1 saturated heterocycles. The molecule has 2 saturated carbocycles. The molecule has 4 aliphatic rings. The maximum absolute atomic E-state index is 14.1. The number of esters is 1. The fourth-order valence-corrected chi connectivity index (χ4v) is 8.75. The Hall–Kier alpha value is -4.75. The molecule has 2 amide bonds. The fourth-order valence-electron chi connectivity index (χ4n) is 8.75. The highest BCUT2D eigenvalue weighted by molar-refractivity contribution is 6.32. The van der Waals surface area contributed by atoms with Gasteiger partial charge in [0.1, 0.15) is 5.75 Å². The number of amides is 2. The van der Waals surface area contributed by atoms with E-state index in [0.717, 1.165) is 0 Å². The second kappa shape index (κ2) is 13.2. The van der Waals surface area contributed by atoms with Crippen LogP contribution in [0, 0.1) is 41.4 Å². The molecule has 2 aromatic carbocycles. The van der Waals surface area contributed by atoms with Crippen molar-refractivity contribution in [3.05, 3.63) is 47.5 Å². The van der Waals surface area contributed by atoms with Gasteiger partial charge in [0.25, 0.3) is 0 Å². The number of hydrogen-bond acceptors (Lipinski definition) is 11. The molecule has 264 valence electrons. The Labute approximate surface area is 288 Å². The summed E-state index contributed by atoms with van der Waals surface area (Å²) in [4.78, 5) is 93.8. The van der Waals surface area contributed by atoms with Crippen molar-refractivity contribution in [2.45, 2.75) is 45.1 Å². The van der Waals surface area contributed by atoms with Crippen LogP contribution in [0.15, 0.2) is 36.4 Å². The molecule has 50 heavy (non-hydrogen) atoms. The number of ketones is 4. The summed E-state index contributed by atoms with van der Waals surface area (Å²) in [5.74, 6) is -12.8. The lowest BCUT2D eigenvalue weighted by atomic mass is 9.49. The normalized spacial score (nSPS) is 28.5. The summed E-state index contributed by atoms with van der Waals surface area (Å²) in [6.07, 6.45) is 1.38. The summed E-state index contributed by atoms with van der Waals surface area (Å²) in [6.45, 7) is 4.77. The molecule has 0 spiro atoms. The van der Waals surface area contributed by atoms with Crippen molar-refractivity contribution in [2.75, 3.05) is 32.1 Å². The van der Waals surface area contributed by atoms with Gasteiger partial charge in [0.2, 0.25) is 11.8 Å². The van der Waals surface area contributed by atoms with Crippen molar-refractivity contribution < 1.29 is 48.5 Å². The Morgan fingerprint density at radius 1 is 1.02 bits per heavy atom. The number of phenolic OH excluding ortho intramolecular Hbond substituents is 1. The van der Waals surface area contributed by atoms with Gasteiger partial charge in [-0.25, -0.2) is 0 Å². The summed E-state index contributed by atoms with van der Waals surface area (Å²) >= 11 is 0. The third-order valence-electron chi connectivity index (χ3n) is 11.2. The first kappa shape index (κ1) is 35.1. The van der Waals surface area contributed by atoms with Gasteiger partial charge in [0.05, 0.1) is 31.1 Å². The van der Waals surface area contributed by atoms with E-state index in [2.05, 4.69) is 5.32 Å². The van der Waals surface area contributed by atoms with Crippen LogP contribution in [-0.4, -0.2) is 88.4 Å². The van der Waals surface area contributed by atoms with Crippen molar-refractivity contribution in [1.29, 1.82) is 0 Å². The van der Waals surface area contributed by atoms with Crippen LogP contribution in [0.2, 0.25) is 0 Å². The smallest absolute Gasteiger partial charge is 0.308 e. The maximum atomic E-state index is 14.1. The predicted molar refractivity (Wildman–Crippen MR) is 177 cm³/mol. The molecule has 2 aromatic rings. The first-order chi connectivity index (χ1) is 23.7. The van der Waals surface area contributed by atoms with E-state index in [0.29, 0.717) is 48.3 Å². The second-order valence-corrected chi connectivity index (χ2v) is 14.3. The number of primary amides is 1. The molecule has 0 bridgehead atoms. The second-order valence-electron chi connectivity index (χ2n) is 14.3. The zero-order valence-electron chi connectivity index (χ0n) is 28.1. The van der Waals surface area contributed by atoms with Crippen LogP contribution < -0.4 is 11.1 Å². The highest BCUT2D eigenvalue weighted by Crippen LogP contribution is 2.53. The minimum atomic E-state index is -2.75. The van der Waals surface area contributed by atoms with Gasteiger partial charge in [0, 0.05) is 17.5 Å². The van der Waals surface area contributed by atoms with Crippen LogP contribution in [-0.2, 0) is 39.9 Å². The van der Waals surface area contributed by atoms with Gasteiger partial charge in [-0.3, -0.25) is 38.5 Å². The number of aromatic hydroxyl groups is 1. The van der Waals surface area contributed by atoms with E-state index in [1.807, 2.05) is 4.90 Å². The van der Waals surface area contributed by atoms with E-state index in [-0.39, 0.29) is 48.5 Å². The van der Waals surface area contributed by atoms with E-state index >= 15 is 0 Å². The third kappa shape index (κ3) is 5.71. The number of nitrogens with two attached hydrogens (primary N) is 1. The van der Waals surface area contributed by atoms with E-state index in [9.17, 15) is 43.8 Å². The minimum absolute atomic E-state index is 0.00960. The first-order valence-electron chi connectivity index (χ1n) is 16.9. The van der Waals surface area contributed by atoms with Crippen molar-refractivity contribution >= 4 is 46.6 Å². The number of ether oxygens (including phenoxy) is 1. The van der Waals surface area contributed by atoms with Crippen LogP contribution in [0.1, 0.15) is 49.0 Å². The molecule has 6 atom stereocenters. The van der Waals surface area contributed by atoms with Crippen LogP contribution >= 0.6 is 0 Å². The standard InChI is InChI=1S/C37H41N3O10/c1-17(2)27-24-15-20-14-23-22(18-4-6-21(7-5-18)39-26(42)16-40-12-10-19(11-13-40)36(48)50-3)8-9-25(41)29(23)32(44)28(20)33(45)37(24,49)34(46)30(31(27)43)35(38)47/h4-9,17,19-20,24,27-28,30,41,49H,10-16H2,1-3H3,(H2,38,47)(H,39,42)/t20-,24-,27-,28?,30?,37-/m0/s1. The van der Waals surface area contributed by atoms with Crippen LogP contribution in [0.5, 0.6) is 5.75 Å². The molecule has 3 fully saturated rings. The van der Waals surface area contributed by atoms with Crippen LogP contribution in [0.25, 0.3) is 11.1 Å². The SMILES string of the molecule is COC(=O)C1CCN(CC(=O)Nc2ccc(-c3ccc(O)c4c3C[C@H]3C[C@H]5[C@H](C(C)C)C(=O)C(C(N)=O)C(=O)[C@@]5(O)C(=O)C3C4=O)cc2)CC1. The topological polar surface area (TPSA) is 210 Å². The average molecular weight is 688 g/mol. The first-order valence-corrected chi connectivity index (χ1v) is 16.9. The number of likely N-dealkylation sites (tertiary alicyclic amines) is 1. The summed E-state index contributed by atoms with van der Waals surface area (Å²) < 4.78 is 4.82. The lowest BCUT2D eigenvalue weighted by Crippen LogP contribution is -2.71. The van der Waals surface area contributed by atoms with Gasteiger partial charge in [-0.1, -0.05) is 32.0 Å². The van der Waals surface area contributed by atoms with Gasteiger partial charge in [0.15, 0.2) is 34.7 Å². The van der Waals surface area contributed by atoms with E-state index in [1.165, 1.54) is 13.2 Å². The maximum Gasteiger partial charge on any atom is 0.308 e. The van der Waals surface area contributed by atoms with Gasteiger partial charge in [-0.15, -0.1) is 0 Å². The number of aliphatic hydroxyl groups is 1. The number of benzene rings is 2. The number of Topliss-reactive ketones (excluding diaryl/α,β-unsaturated/α-hetero) is 4. The highest BCUT2D eigenvalue weighted by atomic mass is 16.5. The van der Waals surface area contributed by atoms with Crippen LogP contribution in [0.4, 0.5) is 5.69 Å². The molecule has 0 radical (unpaired) electrons. The molecule has 1 aliphatic heterocycles. The predicted octanol–water partition coefficient (Wildman–Crippen LogP) is 1.70. The van der Waals surface area contributed by atoms with Crippen molar-refractivity contribution in [3.8, 4) is 16.9 Å². The molecule has 3 aliphatic carbocycles. The van der Waals surface area contributed by atoms with Gasteiger partial charge < -0.3 is 26.0 Å². The lowest BCUT2D eigenvalue weighted by Gasteiger charge is -2.52. The van der Waals surface area contributed by atoms with Gasteiger partial charge >= 0.3 is 5.97 Å². The Bertz CT molecular complexity index is 1790. The highest BCUT2D eigenvalue weighted by Gasteiger charge is 2.69. The van der Waals surface area contributed by atoms with E-state index < -0.39 is 70.1 Å². The summed E-state index contributed by atoms with van der Waals surface area (Å²) in [5.41, 5.74) is 4.91.